The van der Waals surface area contributed by atoms with Crippen molar-refractivity contribution in [1.29, 1.82) is 0 Å². The summed E-state index contributed by atoms with van der Waals surface area (Å²) in [6, 6.07) is 15.7. The van der Waals surface area contributed by atoms with Gasteiger partial charge in [0.1, 0.15) is 0 Å². The topological polar surface area (TPSA) is 61.5 Å². The predicted octanol–water partition coefficient (Wildman–Crippen LogP) is 4.04. The molecule has 0 radical (unpaired) electrons. The second kappa shape index (κ2) is 8.39. The molecule has 6 nitrogen and oxygen atoms in total. The summed E-state index contributed by atoms with van der Waals surface area (Å²) in [5.41, 5.74) is 5.35. The molecule has 3 aromatic rings. The maximum atomic E-state index is 11.8. The van der Waals surface area contributed by atoms with Crippen LogP contribution in [0.4, 0.5) is 5.69 Å². The molecule has 150 valence electrons. The second-order valence-corrected chi connectivity index (χ2v) is 8.05. The molecule has 0 atom stereocenters. The van der Waals surface area contributed by atoms with Gasteiger partial charge in [-0.15, -0.1) is 0 Å². The summed E-state index contributed by atoms with van der Waals surface area (Å²) >= 11 is 3.74. The summed E-state index contributed by atoms with van der Waals surface area (Å²) in [6.07, 6.45) is 0. The number of H-pyrrole nitrogens is 1. The van der Waals surface area contributed by atoms with Crippen molar-refractivity contribution in [2.24, 2.45) is 0 Å². The molecule has 0 spiro atoms. The van der Waals surface area contributed by atoms with Gasteiger partial charge >= 0.3 is 5.97 Å². The molecule has 0 amide bonds. The van der Waals surface area contributed by atoms with Gasteiger partial charge in [0.2, 0.25) is 0 Å². The Bertz CT molecular complexity index is 1030. The smallest absolute Gasteiger partial charge is 0.337 e. The molecule has 2 heterocycles. The van der Waals surface area contributed by atoms with Crippen molar-refractivity contribution in [2.75, 3.05) is 45.2 Å². The minimum Gasteiger partial charge on any atom is -0.465 e. The van der Waals surface area contributed by atoms with Crippen molar-refractivity contribution in [3.63, 3.8) is 0 Å². The van der Waals surface area contributed by atoms with E-state index in [2.05, 4.69) is 61.2 Å². The van der Waals surface area contributed by atoms with Gasteiger partial charge in [-0.25, -0.2) is 4.79 Å². The standard InChI is InChI=1S/C22H23BrN4O2/c1-26-8-10-27(11-9-26)21-7-6-16(13-18(21)23)20-14-19(24-25-20)15-4-3-5-17(12-15)22(28)29-2/h3-7,12-14H,8-11H2,1-2H3,(H,24,25). The number of anilines is 1. The van der Waals surface area contributed by atoms with Crippen molar-refractivity contribution in [3.8, 4) is 22.5 Å². The second-order valence-electron chi connectivity index (χ2n) is 7.20. The number of carbonyl (C=O) groups excluding carboxylic acids is 1. The molecule has 29 heavy (non-hydrogen) atoms. The van der Waals surface area contributed by atoms with Gasteiger partial charge in [-0.1, -0.05) is 18.2 Å². The maximum absolute atomic E-state index is 11.8. The molecular formula is C22H23BrN4O2. The largest absolute Gasteiger partial charge is 0.465 e. The Hall–Kier alpha value is -2.64. The number of nitrogens with zero attached hydrogens (tertiary/aromatic N) is 3. The number of esters is 1. The van der Waals surface area contributed by atoms with E-state index in [1.807, 2.05) is 18.2 Å². The molecule has 0 saturated carbocycles. The highest BCUT2D eigenvalue weighted by Gasteiger charge is 2.17. The van der Waals surface area contributed by atoms with Gasteiger partial charge < -0.3 is 14.5 Å². The number of carbonyl (C=O) groups is 1. The first-order valence-electron chi connectivity index (χ1n) is 9.53. The highest BCUT2D eigenvalue weighted by atomic mass is 79.9. The van der Waals surface area contributed by atoms with E-state index in [0.717, 1.165) is 53.2 Å². The van der Waals surface area contributed by atoms with E-state index < -0.39 is 0 Å². The first-order valence-corrected chi connectivity index (χ1v) is 10.3. The fourth-order valence-electron chi connectivity index (χ4n) is 3.52. The fraction of sp³-hybridized carbons (Fsp3) is 0.273. The van der Waals surface area contributed by atoms with Crippen LogP contribution in [0.2, 0.25) is 0 Å². The highest BCUT2D eigenvalue weighted by Crippen LogP contribution is 2.32. The molecule has 2 aromatic carbocycles. The van der Waals surface area contributed by atoms with Gasteiger partial charge in [0, 0.05) is 41.8 Å². The van der Waals surface area contributed by atoms with Crippen molar-refractivity contribution >= 4 is 27.6 Å². The Balaban J connectivity index is 1.57. The number of methoxy groups -OCH3 is 1. The third kappa shape index (κ3) is 4.21. The van der Waals surface area contributed by atoms with Crippen LogP contribution < -0.4 is 4.90 Å². The number of hydrogen-bond acceptors (Lipinski definition) is 5. The minimum atomic E-state index is -0.356. The number of halogens is 1. The van der Waals surface area contributed by atoms with Crippen molar-refractivity contribution < 1.29 is 9.53 Å². The summed E-state index contributed by atoms with van der Waals surface area (Å²) < 4.78 is 5.88. The predicted molar refractivity (Wildman–Crippen MR) is 118 cm³/mol. The fourth-order valence-corrected chi connectivity index (χ4v) is 4.15. The molecule has 1 aliphatic heterocycles. The molecular weight excluding hydrogens is 432 g/mol. The lowest BCUT2D eigenvalue weighted by Gasteiger charge is -2.34. The van der Waals surface area contributed by atoms with Gasteiger partial charge in [-0.3, -0.25) is 5.10 Å². The Morgan fingerprint density at radius 3 is 2.59 bits per heavy atom. The van der Waals surface area contributed by atoms with Gasteiger partial charge in [0.05, 0.1) is 29.7 Å². The third-order valence-electron chi connectivity index (χ3n) is 5.26. The Kier molecular flexibility index (Phi) is 5.69. The van der Waals surface area contributed by atoms with E-state index in [9.17, 15) is 4.79 Å². The minimum absolute atomic E-state index is 0.356. The highest BCUT2D eigenvalue weighted by molar-refractivity contribution is 9.10. The number of aromatic nitrogens is 2. The number of aromatic amines is 1. The zero-order valence-electron chi connectivity index (χ0n) is 16.5. The van der Waals surface area contributed by atoms with Crippen LogP contribution in [0.3, 0.4) is 0 Å². The Morgan fingerprint density at radius 1 is 1.07 bits per heavy atom. The van der Waals surface area contributed by atoms with Crippen LogP contribution in [0.1, 0.15) is 10.4 Å². The SMILES string of the molecule is COC(=O)c1cccc(-c2cc(-c3ccc(N4CCN(C)CC4)c(Br)c3)[nH]n2)c1. The maximum Gasteiger partial charge on any atom is 0.337 e. The molecule has 1 saturated heterocycles. The zero-order chi connectivity index (χ0) is 20.4. The number of hydrogen-bond donors (Lipinski definition) is 1. The molecule has 1 fully saturated rings. The van der Waals surface area contributed by atoms with E-state index in [0.29, 0.717) is 5.56 Å². The lowest BCUT2D eigenvalue weighted by Crippen LogP contribution is -2.44. The molecule has 0 bridgehead atoms. The third-order valence-corrected chi connectivity index (χ3v) is 5.90. The molecule has 1 aromatic heterocycles. The summed E-state index contributed by atoms with van der Waals surface area (Å²) in [7, 11) is 3.54. The quantitative estimate of drug-likeness (QED) is 0.602. The van der Waals surface area contributed by atoms with Crippen molar-refractivity contribution in [2.45, 2.75) is 0 Å². The summed E-state index contributed by atoms with van der Waals surface area (Å²) in [5, 5.41) is 7.54. The van der Waals surface area contributed by atoms with E-state index in [1.165, 1.54) is 12.8 Å². The lowest BCUT2D eigenvalue weighted by molar-refractivity contribution is 0.0601. The molecule has 1 N–H and O–H groups in total. The van der Waals surface area contributed by atoms with E-state index in [1.54, 1.807) is 12.1 Å². The summed E-state index contributed by atoms with van der Waals surface area (Å²) in [5.74, 6) is -0.356. The zero-order valence-corrected chi connectivity index (χ0v) is 18.1. The lowest BCUT2D eigenvalue weighted by atomic mass is 10.1. The van der Waals surface area contributed by atoms with Crippen LogP contribution in [-0.4, -0.2) is 61.4 Å². The Labute approximate surface area is 178 Å². The van der Waals surface area contributed by atoms with Gasteiger partial charge in [0.25, 0.3) is 0 Å². The normalized spacial score (nSPS) is 14.8. The average molecular weight is 455 g/mol. The van der Waals surface area contributed by atoms with E-state index >= 15 is 0 Å². The molecule has 1 aliphatic rings. The van der Waals surface area contributed by atoms with Gasteiger partial charge in [-0.05, 0) is 53.3 Å². The van der Waals surface area contributed by atoms with Crippen LogP contribution in [0, 0.1) is 0 Å². The number of rotatable bonds is 4. The molecule has 0 unspecified atom stereocenters. The molecule has 0 aliphatic carbocycles. The first-order chi connectivity index (χ1) is 14.0. The first kappa shape index (κ1) is 19.7. The van der Waals surface area contributed by atoms with Crippen LogP contribution in [0.25, 0.3) is 22.5 Å². The summed E-state index contributed by atoms with van der Waals surface area (Å²) in [6.45, 7) is 4.20. The van der Waals surface area contributed by atoms with Crippen LogP contribution in [0.15, 0.2) is 53.0 Å². The van der Waals surface area contributed by atoms with E-state index in [-0.39, 0.29) is 5.97 Å². The monoisotopic (exact) mass is 454 g/mol. The molecule has 7 heteroatoms. The Morgan fingerprint density at radius 2 is 1.86 bits per heavy atom. The van der Waals surface area contributed by atoms with Gasteiger partial charge in [0.15, 0.2) is 0 Å². The number of piperazine rings is 1. The average Bonchev–Trinajstić information content (AvgIpc) is 3.24. The number of likely N-dealkylation sites (N-methyl/N-ethyl adjacent to an activating group) is 1. The summed E-state index contributed by atoms with van der Waals surface area (Å²) in [4.78, 5) is 16.5. The number of nitrogens with one attached hydrogen (secondary N) is 1. The molecule has 4 rings (SSSR count). The van der Waals surface area contributed by atoms with Crippen molar-refractivity contribution in [1.82, 2.24) is 15.1 Å². The van der Waals surface area contributed by atoms with Crippen molar-refractivity contribution in [3.05, 3.63) is 58.6 Å². The number of benzene rings is 2. The van der Waals surface area contributed by atoms with E-state index in [4.69, 9.17) is 4.74 Å². The van der Waals surface area contributed by atoms with Crippen LogP contribution in [-0.2, 0) is 4.74 Å². The van der Waals surface area contributed by atoms with Gasteiger partial charge in [-0.2, -0.15) is 5.10 Å². The number of ether oxygens (including phenoxy) is 1. The van der Waals surface area contributed by atoms with Crippen LogP contribution >= 0.6 is 15.9 Å². The van der Waals surface area contributed by atoms with Crippen LogP contribution in [0.5, 0.6) is 0 Å².